The van der Waals surface area contributed by atoms with E-state index >= 15 is 0 Å². The van der Waals surface area contributed by atoms with E-state index in [0.717, 1.165) is 56.4 Å². The van der Waals surface area contributed by atoms with E-state index in [2.05, 4.69) is 10.1 Å². The summed E-state index contributed by atoms with van der Waals surface area (Å²) in [7, 11) is 1.31. The molecular formula is C27H42FN3O5. The number of likely N-dealkylation sites (tertiary alicyclic amines) is 1. The zero-order valence-corrected chi connectivity index (χ0v) is 21.7. The molecule has 2 fully saturated rings. The first-order valence-electron chi connectivity index (χ1n) is 13.2. The summed E-state index contributed by atoms with van der Waals surface area (Å²) in [5, 5.41) is 2.61. The van der Waals surface area contributed by atoms with Crippen LogP contribution < -0.4 is 11.1 Å². The van der Waals surface area contributed by atoms with Gasteiger partial charge in [-0.2, -0.15) is 0 Å². The van der Waals surface area contributed by atoms with Gasteiger partial charge in [0.2, 0.25) is 5.91 Å². The number of methoxy groups -OCH3 is 1. The minimum absolute atomic E-state index is 0.00502. The Morgan fingerprint density at radius 1 is 1.31 bits per heavy atom. The lowest BCUT2D eigenvalue weighted by Gasteiger charge is -2.38. The molecule has 9 heteroatoms. The van der Waals surface area contributed by atoms with Crippen LogP contribution >= 0.6 is 0 Å². The van der Waals surface area contributed by atoms with Crippen molar-refractivity contribution < 1.29 is 28.2 Å². The number of carbonyl (C=O) groups is 2. The predicted molar refractivity (Wildman–Crippen MR) is 135 cm³/mol. The third kappa shape index (κ3) is 8.71. The Balaban J connectivity index is 1.58. The first-order chi connectivity index (χ1) is 17.4. The molecular weight excluding hydrogens is 465 g/mol. The number of carbonyl (C=O) groups excluding carboxylic acids is 2. The molecule has 0 unspecified atom stereocenters. The van der Waals surface area contributed by atoms with Crippen LogP contribution in [0.4, 0.5) is 9.18 Å². The molecule has 2 amide bonds. The molecule has 4 atom stereocenters. The van der Waals surface area contributed by atoms with Gasteiger partial charge in [-0.25, -0.2) is 9.18 Å². The van der Waals surface area contributed by atoms with Crippen molar-refractivity contribution in [3.63, 3.8) is 0 Å². The van der Waals surface area contributed by atoms with Gasteiger partial charge in [0.15, 0.2) is 0 Å². The minimum atomic E-state index is -0.527. The fraction of sp³-hybridized carbons (Fsp3) is 0.704. The molecule has 2 aliphatic heterocycles. The highest BCUT2D eigenvalue weighted by Gasteiger charge is 2.32. The van der Waals surface area contributed by atoms with E-state index in [-0.39, 0.29) is 42.9 Å². The van der Waals surface area contributed by atoms with E-state index in [9.17, 15) is 14.0 Å². The summed E-state index contributed by atoms with van der Waals surface area (Å²) in [4.78, 5) is 26.3. The van der Waals surface area contributed by atoms with Crippen LogP contribution in [0, 0.1) is 24.6 Å². The number of halogens is 1. The average Bonchev–Trinajstić information content (AvgIpc) is 2.89. The van der Waals surface area contributed by atoms with E-state index in [1.165, 1.54) is 19.2 Å². The Hall–Kier alpha value is -2.23. The summed E-state index contributed by atoms with van der Waals surface area (Å²) < 4.78 is 30.5. The highest BCUT2D eigenvalue weighted by molar-refractivity contribution is 5.76. The molecule has 0 bridgehead atoms. The lowest BCUT2D eigenvalue weighted by atomic mass is 9.86. The Labute approximate surface area is 214 Å². The number of ether oxygens (including phenoxy) is 3. The normalized spacial score (nSPS) is 22.1. The number of nitrogens with zero attached hydrogens (tertiary/aromatic N) is 1. The van der Waals surface area contributed by atoms with Gasteiger partial charge < -0.3 is 30.2 Å². The molecule has 0 radical (unpaired) electrons. The van der Waals surface area contributed by atoms with Gasteiger partial charge in [0.25, 0.3) is 0 Å². The lowest BCUT2D eigenvalue weighted by molar-refractivity contribution is -0.134. The molecule has 0 aromatic heterocycles. The van der Waals surface area contributed by atoms with Gasteiger partial charge in [0, 0.05) is 51.2 Å². The zero-order chi connectivity index (χ0) is 25.9. The van der Waals surface area contributed by atoms with Crippen molar-refractivity contribution in [3.05, 3.63) is 35.1 Å². The number of benzene rings is 1. The number of rotatable bonds is 11. The van der Waals surface area contributed by atoms with Gasteiger partial charge in [-0.3, -0.25) is 4.79 Å². The smallest absolute Gasteiger partial charge is 0.406 e. The van der Waals surface area contributed by atoms with E-state index in [1.54, 1.807) is 6.07 Å². The highest BCUT2D eigenvalue weighted by Crippen LogP contribution is 2.35. The molecule has 36 heavy (non-hydrogen) atoms. The first kappa shape index (κ1) is 28.3. The van der Waals surface area contributed by atoms with Crippen molar-refractivity contribution in [1.29, 1.82) is 0 Å². The lowest BCUT2D eigenvalue weighted by Crippen LogP contribution is -2.43. The molecule has 1 aromatic carbocycles. The van der Waals surface area contributed by atoms with Crippen LogP contribution in [0.2, 0.25) is 0 Å². The molecule has 2 heterocycles. The van der Waals surface area contributed by atoms with Crippen LogP contribution in [0.3, 0.4) is 0 Å². The van der Waals surface area contributed by atoms with E-state index in [4.69, 9.17) is 15.2 Å². The Morgan fingerprint density at radius 2 is 2.14 bits per heavy atom. The molecule has 3 rings (SSSR count). The van der Waals surface area contributed by atoms with Gasteiger partial charge in [-0.15, -0.1) is 0 Å². The molecule has 0 saturated carbocycles. The molecule has 1 aromatic rings. The first-order valence-corrected chi connectivity index (χ1v) is 13.2. The Morgan fingerprint density at radius 3 is 2.89 bits per heavy atom. The molecule has 8 nitrogen and oxygen atoms in total. The number of nitrogens with one attached hydrogen (secondary N) is 1. The molecule has 202 valence electrons. The van der Waals surface area contributed by atoms with Crippen molar-refractivity contribution in [2.24, 2.45) is 17.6 Å². The molecule has 3 N–H and O–H groups in total. The summed E-state index contributed by atoms with van der Waals surface area (Å²) in [5.41, 5.74) is 8.06. The van der Waals surface area contributed by atoms with Crippen LogP contribution in [-0.2, 0) is 19.0 Å². The third-order valence-corrected chi connectivity index (χ3v) is 7.26. The molecule has 2 aliphatic rings. The standard InChI is InChI=1S/C27H42FN3O5/c1-19-7-8-22(28)16-24(19)26(36-14-11-30-27(33)34-2)21-6-3-12-31(17-21)25(32)10-9-23(29)15-20-5-4-13-35-18-20/h7-8,16,20-21,23,26H,3-6,9-15,17-18,29H2,1-2H3,(H,30,33)/t20-,21-,23-,26-/m1/s1. The van der Waals surface area contributed by atoms with E-state index in [0.29, 0.717) is 31.8 Å². The van der Waals surface area contributed by atoms with Gasteiger partial charge in [-0.05, 0) is 74.6 Å². The second-order valence-corrected chi connectivity index (χ2v) is 10.1. The van der Waals surface area contributed by atoms with Crippen molar-refractivity contribution >= 4 is 12.0 Å². The van der Waals surface area contributed by atoms with Crippen LogP contribution in [0.15, 0.2) is 18.2 Å². The minimum Gasteiger partial charge on any atom is -0.453 e. The zero-order valence-electron chi connectivity index (χ0n) is 21.7. The van der Waals surface area contributed by atoms with Crippen molar-refractivity contribution in [2.75, 3.05) is 46.6 Å². The number of aryl methyl sites for hydroxylation is 1. The summed E-state index contributed by atoms with van der Waals surface area (Å²) in [6.45, 7) is 5.32. The van der Waals surface area contributed by atoms with Crippen molar-refractivity contribution in [2.45, 2.75) is 64.0 Å². The quantitative estimate of drug-likeness (QED) is 0.443. The topological polar surface area (TPSA) is 103 Å². The second-order valence-electron chi connectivity index (χ2n) is 10.1. The average molecular weight is 508 g/mol. The SMILES string of the molecule is COC(=O)NCCO[C@@H](c1cc(F)ccc1C)[C@@H]1CCCN(C(=O)CC[C@@H](N)C[C@H]2CCCOC2)C1. The van der Waals surface area contributed by atoms with Gasteiger partial charge in [-0.1, -0.05) is 6.07 Å². The maximum atomic E-state index is 14.2. The van der Waals surface area contributed by atoms with Crippen molar-refractivity contribution in [3.8, 4) is 0 Å². The monoisotopic (exact) mass is 507 g/mol. The fourth-order valence-corrected chi connectivity index (χ4v) is 5.30. The molecule has 0 aliphatic carbocycles. The van der Waals surface area contributed by atoms with Crippen molar-refractivity contribution in [1.82, 2.24) is 10.2 Å². The Kier molecular flexibility index (Phi) is 11.4. The summed E-state index contributed by atoms with van der Waals surface area (Å²) in [6, 6.07) is 4.70. The Bertz CT molecular complexity index is 849. The van der Waals surface area contributed by atoms with Crippen LogP contribution in [0.1, 0.15) is 62.2 Å². The van der Waals surface area contributed by atoms with E-state index in [1.807, 2.05) is 11.8 Å². The maximum Gasteiger partial charge on any atom is 0.406 e. The predicted octanol–water partition coefficient (Wildman–Crippen LogP) is 3.71. The van der Waals surface area contributed by atoms with Crippen LogP contribution in [-0.4, -0.2) is 69.5 Å². The third-order valence-electron chi connectivity index (χ3n) is 7.26. The van der Waals surface area contributed by atoms with Gasteiger partial charge >= 0.3 is 6.09 Å². The van der Waals surface area contributed by atoms with Crippen LogP contribution in [0.5, 0.6) is 0 Å². The number of piperidine rings is 1. The fourth-order valence-electron chi connectivity index (χ4n) is 5.30. The maximum absolute atomic E-state index is 14.2. The highest BCUT2D eigenvalue weighted by atomic mass is 19.1. The molecule has 2 saturated heterocycles. The van der Waals surface area contributed by atoms with Gasteiger partial charge in [0.05, 0.1) is 19.8 Å². The number of hydrogen-bond donors (Lipinski definition) is 2. The second kappa shape index (κ2) is 14.5. The number of alkyl carbamates (subject to hydrolysis) is 1. The largest absolute Gasteiger partial charge is 0.453 e. The number of hydrogen-bond acceptors (Lipinski definition) is 6. The number of nitrogens with two attached hydrogens (primary N) is 1. The molecule has 0 spiro atoms. The van der Waals surface area contributed by atoms with E-state index < -0.39 is 6.09 Å². The van der Waals surface area contributed by atoms with Gasteiger partial charge in [0.1, 0.15) is 5.82 Å². The van der Waals surface area contributed by atoms with Crippen LogP contribution in [0.25, 0.3) is 0 Å². The summed E-state index contributed by atoms with van der Waals surface area (Å²) in [5.74, 6) is 0.300. The number of amides is 2. The summed E-state index contributed by atoms with van der Waals surface area (Å²) >= 11 is 0. The summed E-state index contributed by atoms with van der Waals surface area (Å²) in [6.07, 6.45) is 5.03.